The van der Waals surface area contributed by atoms with Crippen LogP contribution < -0.4 is 10.6 Å². The molecule has 2 aromatic heterocycles. The maximum atomic E-state index is 12.8. The molecule has 2 fully saturated rings. The van der Waals surface area contributed by atoms with Crippen molar-refractivity contribution in [3.63, 3.8) is 0 Å². The average molecular weight is 359 g/mol. The highest BCUT2D eigenvalue weighted by atomic mass is 16.3. The van der Waals surface area contributed by atoms with Crippen LogP contribution in [0.3, 0.4) is 0 Å². The molecule has 0 radical (unpaired) electrons. The van der Waals surface area contributed by atoms with Gasteiger partial charge >= 0.3 is 6.03 Å². The van der Waals surface area contributed by atoms with Crippen molar-refractivity contribution in [2.75, 3.05) is 37.6 Å². The molecule has 3 amide bonds. The van der Waals surface area contributed by atoms with Gasteiger partial charge in [-0.1, -0.05) is 0 Å². The number of aliphatic hydroxyl groups is 1. The number of nitrogens with one attached hydrogen (secondary N) is 1. The number of hydrogen-bond donors (Lipinski definition) is 3. The number of primary amides is 1. The Hall–Kier alpha value is -2.88. The van der Waals surface area contributed by atoms with E-state index in [0.29, 0.717) is 26.2 Å². The van der Waals surface area contributed by atoms with Gasteiger partial charge in [-0.3, -0.25) is 4.79 Å². The quantitative estimate of drug-likeness (QED) is 0.638. The number of likely N-dealkylation sites (tertiary alicyclic amines) is 1. The maximum absolute atomic E-state index is 12.8. The van der Waals surface area contributed by atoms with E-state index in [0.717, 1.165) is 16.9 Å². The molecule has 138 valence electrons. The number of aliphatic hydroxyl groups excluding tert-OH is 1. The zero-order valence-electron chi connectivity index (χ0n) is 14.2. The highest BCUT2D eigenvalue weighted by molar-refractivity contribution is 5.89. The van der Waals surface area contributed by atoms with Crippen LogP contribution in [0.5, 0.6) is 0 Å². The van der Waals surface area contributed by atoms with E-state index >= 15 is 0 Å². The third kappa shape index (κ3) is 2.81. The molecule has 10 nitrogen and oxygen atoms in total. The van der Waals surface area contributed by atoms with Crippen molar-refractivity contribution in [1.29, 1.82) is 0 Å². The summed E-state index contributed by atoms with van der Waals surface area (Å²) in [7, 11) is 0. The summed E-state index contributed by atoms with van der Waals surface area (Å²) in [5, 5.41) is 10.7. The topological polar surface area (TPSA) is 132 Å². The van der Waals surface area contributed by atoms with Crippen LogP contribution in [0.4, 0.5) is 10.6 Å². The Morgan fingerprint density at radius 1 is 1.23 bits per heavy atom. The molecule has 0 saturated carbocycles. The van der Waals surface area contributed by atoms with Gasteiger partial charge in [0.15, 0.2) is 0 Å². The number of piperazine rings is 1. The van der Waals surface area contributed by atoms with Gasteiger partial charge in [-0.2, -0.15) is 0 Å². The smallest absolute Gasteiger partial charge is 0.315 e. The Bertz CT molecular complexity index is 830. The molecule has 4 N–H and O–H groups in total. The van der Waals surface area contributed by atoms with Crippen molar-refractivity contribution < 1.29 is 14.7 Å². The summed E-state index contributed by atoms with van der Waals surface area (Å²) in [6, 6.07) is 0.589. The van der Waals surface area contributed by atoms with Gasteiger partial charge in [0.05, 0.1) is 11.5 Å². The van der Waals surface area contributed by atoms with E-state index in [4.69, 9.17) is 5.73 Å². The van der Waals surface area contributed by atoms with E-state index in [1.165, 1.54) is 11.2 Å². The fraction of sp³-hybridized carbons (Fsp3) is 0.500. The number of fused-ring (bicyclic) bond motifs is 1. The Kier molecular flexibility index (Phi) is 4.11. The first kappa shape index (κ1) is 16.6. The fourth-order valence-corrected chi connectivity index (χ4v) is 3.75. The molecule has 2 aromatic rings. The highest BCUT2D eigenvalue weighted by Crippen LogP contribution is 2.24. The lowest BCUT2D eigenvalue weighted by Crippen LogP contribution is -2.55. The number of urea groups is 1. The number of aromatic nitrogens is 3. The van der Waals surface area contributed by atoms with Gasteiger partial charge in [0.2, 0.25) is 5.91 Å². The number of carbonyl (C=O) groups is 2. The largest absolute Gasteiger partial charge is 0.391 e. The van der Waals surface area contributed by atoms with Gasteiger partial charge in [-0.25, -0.2) is 14.8 Å². The molecular weight excluding hydrogens is 338 g/mol. The summed E-state index contributed by atoms with van der Waals surface area (Å²) >= 11 is 0. The number of H-pyrrole nitrogens is 1. The Balaban J connectivity index is 1.44. The molecule has 0 aliphatic carbocycles. The number of rotatable bonds is 2. The second kappa shape index (κ2) is 6.45. The molecule has 4 rings (SSSR count). The van der Waals surface area contributed by atoms with E-state index in [-0.39, 0.29) is 18.9 Å². The van der Waals surface area contributed by atoms with E-state index in [2.05, 4.69) is 19.9 Å². The fourth-order valence-electron chi connectivity index (χ4n) is 3.75. The lowest BCUT2D eigenvalue weighted by molar-refractivity contribution is -0.135. The maximum Gasteiger partial charge on any atom is 0.315 e. The molecule has 0 bridgehead atoms. The molecule has 4 heterocycles. The van der Waals surface area contributed by atoms with Crippen LogP contribution in [0.1, 0.15) is 6.42 Å². The molecule has 2 saturated heterocycles. The third-order valence-corrected chi connectivity index (χ3v) is 5.07. The summed E-state index contributed by atoms with van der Waals surface area (Å²) in [4.78, 5) is 41.1. The van der Waals surface area contributed by atoms with Gasteiger partial charge in [0.25, 0.3) is 0 Å². The Morgan fingerprint density at radius 3 is 2.73 bits per heavy atom. The molecule has 26 heavy (non-hydrogen) atoms. The number of anilines is 1. The molecule has 2 unspecified atom stereocenters. The van der Waals surface area contributed by atoms with E-state index in [1.807, 2.05) is 12.3 Å². The standard InChI is InChI=1S/C16H21N7O3/c17-16(26)23-8-10(24)7-12(23)15(25)22-5-3-21(4-6-22)14-11-1-2-18-13(11)19-9-20-14/h1-2,9-10,12,24H,3-8H2,(H2,17,26)(H,18,19,20). The Morgan fingerprint density at radius 2 is 2.00 bits per heavy atom. The normalized spacial score (nSPS) is 23.7. The number of aromatic amines is 1. The minimum atomic E-state index is -0.708. The number of hydrogen-bond acceptors (Lipinski definition) is 6. The predicted molar refractivity (Wildman–Crippen MR) is 93.4 cm³/mol. The van der Waals surface area contributed by atoms with Gasteiger partial charge in [-0.15, -0.1) is 0 Å². The summed E-state index contributed by atoms with van der Waals surface area (Å²) in [6.07, 6.45) is 2.88. The van der Waals surface area contributed by atoms with E-state index < -0.39 is 18.2 Å². The van der Waals surface area contributed by atoms with E-state index in [1.54, 1.807) is 4.90 Å². The lowest BCUT2D eigenvalue weighted by atomic mass is 10.1. The second-order valence-electron chi connectivity index (χ2n) is 6.65. The SMILES string of the molecule is NC(=O)N1CC(O)CC1C(=O)N1CCN(c2ncnc3[nH]ccc23)CC1. The first-order chi connectivity index (χ1) is 12.5. The second-order valence-corrected chi connectivity index (χ2v) is 6.65. The lowest BCUT2D eigenvalue weighted by Gasteiger charge is -2.37. The Labute approximate surface area is 149 Å². The number of carbonyl (C=O) groups excluding carboxylic acids is 2. The molecule has 2 aliphatic rings. The van der Waals surface area contributed by atoms with E-state index in [9.17, 15) is 14.7 Å². The van der Waals surface area contributed by atoms with Crippen LogP contribution in [0.15, 0.2) is 18.6 Å². The molecule has 10 heteroatoms. The number of β-amino-alcohol motifs (C(OH)–C–C–N with tert-alkyl or cyclic N) is 1. The van der Waals surface area contributed by atoms with Gasteiger partial charge in [-0.05, 0) is 6.07 Å². The minimum Gasteiger partial charge on any atom is -0.391 e. The van der Waals surface area contributed by atoms with Crippen LogP contribution >= 0.6 is 0 Å². The van der Waals surface area contributed by atoms with Crippen molar-refractivity contribution in [1.82, 2.24) is 24.8 Å². The molecule has 2 atom stereocenters. The van der Waals surface area contributed by atoms with Crippen molar-refractivity contribution in [2.45, 2.75) is 18.6 Å². The molecule has 0 aromatic carbocycles. The molecular formula is C16H21N7O3. The van der Waals surface area contributed by atoms with Crippen LogP contribution in [0, 0.1) is 0 Å². The van der Waals surface area contributed by atoms with Crippen molar-refractivity contribution in [3.8, 4) is 0 Å². The first-order valence-electron chi connectivity index (χ1n) is 8.60. The summed E-state index contributed by atoms with van der Waals surface area (Å²) < 4.78 is 0. The number of nitrogens with zero attached hydrogens (tertiary/aromatic N) is 5. The van der Waals surface area contributed by atoms with Gasteiger partial charge in [0.1, 0.15) is 23.8 Å². The molecule has 0 spiro atoms. The van der Waals surface area contributed by atoms with Crippen molar-refractivity contribution >= 4 is 28.8 Å². The van der Waals surface area contributed by atoms with Crippen LogP contribution in [-0.4, -0.2) is 86.7 Å². The summed E-state index contributed by atoms with van der Waals surface area (Å²) in [6.45, 7) is 2.42. The zero-order chi connectivity index (χ0) is 18.3. The number of nitrogens with two attached hydrogens (primary N) is 1. The van der Waals surface area contributed by atoms with Crippen LogP contribution in [-0.2, 0) is 4.79 Å². The van der Waals surface area contributed by atoms with Crippen LogP contribution in [0.2, 0.25) is 0 Å². The number of amides is 3. The highest BCUT2D eigenvalue weighted by Gasteiger charge is 2.40. The van der Waals surface area contributed by atoms with Gasteiger partial charge in [0, 0.05) is 45.3 Å². The predicted octanol–water partition coefficient (Wildman–Crippen LogP) is -0.880. The minimum absolute atomic E-state index is 0.109. The first-order valence-corrected chi connectivity index (χ1v) is 8.60. The third-order valence-electron chi connectivity index (χ3n) is 5.07. The van der Waals surface area contributed by atoms with Gasteiger partial charge < -0.3 is 30.5 Å². The summed E-state index contributed by atoms with van der Waals surface area (Å²) in [5.74, 6) is 0.688. The summed E-state index contributed by atoms with van der Waals surface area (Å²) in [5.41, 5.74) is 6.12. The zero-order valence-corrected chi connectivity index (χ0v) is 14.2. The average Bonchev–Trinajstić information content (AvgIpc) is 3.27. The van der Waals surface area contributed by atoms with Crippen LogP contribution in [0.25, 0.3) is 11.0 Å². The monoisotopic (exact) mass is 359 g/mol. The van der Waals surface area contributed by atoms with Crippen molar-refractivity contribution in [3.05, 3.63) is 18.6 Å². The molecule has 2 aliphatic heterocycles. The van der Waals surface area contributed by atoms with Crippen molar-refractivity contribution in [2.24, 2.45) is 5.73 Å².